The summed E-state index contributed by atoms with van der Waals surface area (Å²) in [5.74, 6) is 0. The Labute approximate surface area is 124 Å². The highest BCUT2D eigenvalue weighted by Crippen LogP contribution is 2.05. The third-order valence-corrected chi connectivity index (χ3v) is 3.74. The summed E-state index contributed by atoms with van der Waals surface area (Å²) < 4.78 is 23.8. The van der Waals surface area contributed by atoms with Crippen molar-refractivity contribution in [1.82, 2.24) is 9.62 Å². The van der Waals surface area contributed by atoms with Gasteiger partial charge in [0.25, 0.3) is 0 Å². The Balaban J connectivity index is 2.66. The summed E-state index contributed by atoms with van der Waals surface area (Å²) in [7, 11) is -3.71. The summed E-state index contributed by atoms with van der Waals surface area (Å²) in [4.78, 5) is 23.5. The van der Waals surface area contributed by atoms with Crippen LogP contribution in [0.5, 0.6) is 0 Å². The molecule has 1 aromatic rings. The molecular weight excluding hydrogens is 294 g/mol. The largest absolute Gasteiger partial charge is 0.339 e. The number of nitrogens with zero attached hydrogens (tertiary/aromatic N) is 1. The van der Waals surface area contributed by atoms with Gasteiger partial charge in [-0.05, 0) is 18.6 Å². The summed E-state index contributed by atoms with van der Waals surface area (Å²) in [6.45, 7) is 1.92. The van der Waals surface area contributed by atoms with Crippen LogP contribution in [0, 0.1) is 0 Å². The first-order valence-corrected chi connectivity index (χ1v) is 8.34. The topological polar surface area (TPSA) is 95.6 Å². The van der Waals surface area contributed by atoms with Crippen LogP contribution in [0.2, 0.25) is 0 Å². The van der Waals surface area contributed by atoms with Crippen molar-refractivity contribution in [2.24, 2.45) is 0 Å². The van der Waals surface area contributed by atoms with Crippen LogP contribution >= 0.6 is 0 Å². The first-order valence-electron chi connectivity index (χ1n) is 6.49. The van der Waals surface area contributed by atoms with Gasteiger partial charge in [-0.1, -0.05) is 31.5 Å². The summed E-state index contributed by atoms with van der Waals surface area (Å²) in [5.41, 5.74) is 0.502. The number of nitrogens with one attached hydrogen (secondary N) is 2. The molecule has 2 N–H and O–H groups in total. The highest BCUT2D eigenvalue weighted by atomic mass is 32.2. The van der Waals surface area contributed by atoms with Crippen molar-refractivity contribution in [3.63, 3.8) is 0 Å². The molecule has 0 bridgehead atoms. The lowest BCUT2D eigenvalue weighted by Gasteiger charge is -2.20. The lowest BCUT2D eigenvalue weighted by Crippen LogP contribution is -2.47. The van der Waals surface area contributed by atoms with E-state index in [-0.39, 0.29) is 6.54 Å². The summed E-state index contributed by atoms with van der Waals surface area (Å²) in [5, 5.41) is 4.44. The van der Waals surface area contributed by atoms with Crippen LogP contribution in [0.3, 0.4) is 0 Å². The normalized spacial score (nSPS) is 10.8. The first kappa shape index (κ1) is 17.0. The van der Waals surface area contributed by atoms with Gasteiger partial charge in [-0.2, -0.15) is 0 Å². The number of unbranched alkanes of at least 4 members (excludes halogenated alkanes) is 1. The molecule has 0 fully saturated rings. The number of carbonyl (C=O) groups excluding carboxylic acids is 2. The monoisotopic (exact) mass is 313 g/mol. The Morgan fingerprint density at radius 3 is 2.33 bits per heavy atom. The van der Waals surface area contributed by atoms with E-state index < -0.39 is 22.1 Å². The van der Waals surface area contributed by atoms with Gasteiger partial charge < -0.3 is 5.32 Å². The summed E-state index contributed by atoms with van der Waals surface area (Å²) in [6, 6.07) is 6.79. The van der Waals surface area contributed by atoms with Gasteiger partial charge in [-0.3, -0.25) is 5.32 Å². The molecule has 0 atom stereocenters. The number of anilines is 1. The van der Waals surface area contributed by atoms with E-state index in [9.17, 15) is 18.0 Å². The average molecular weight is 313 g/mol. The van der Waals surface area contributed by atoms with Crippen molar-refractivity contribution < 1.29 is 18.0 Å². The van der Waals surface area contributed by atoms with Crippen molar-refractivity contribution >= 4 is 27.8 Å². The molecule has 8 heteroatoms. The maximum Gasteiger partial charge on any atom is 0.339 e. The number of para-hydroxylation sites is 1. The summed E-state index contributed by atoms with van der Waals surface area (Å²) >= 11 is 0. The van der Waals surface area contributed by atoms with E-state index in [2.05, 4.69) is 5.32 Å². The Hall–Kier alpha value is -2.09. The third kappa shape index (κ3) is 5.82. The van der Waals surface area contributed by atoms with Crippen molar-refractivity contribution in [3.05, 3.63) is 30.3 Å². The van der Waals surface area contributed by atoms with E-state index in [4.69, 9.17) is 0 Å². The SMILES string of the molecule is CCCCN(C(=O)NC(=O)Nc1ccccc1)S(C)(=O)=O. The minimum absolute atomic E-state index is 0.0415. The van der Waals surface area contributed by atoms with Crippen molar-refractivity contribution in [1.29, 1.82) is 0 Å². The lowest BCUT2D eigenvalue weighted by atomic mass is 10.3. The molecule has 116 valence electrons. The molecule has 0 unspecified atom stereocenters. The van der Waals surface area contributed by atoms with Gasteiger partial charge in [0, 0.05) is 12.2 Å². The minimum Gasteiger partial charge on any atom is -0.308 e. The van der Waals surface area contributed by atoms with Gasteiger partial charge in [0.05, 0.1) is 6.26 Å². The molecule has 1 aromatic carbocycles. The van der Waals surface area contributed by atoms with Crippen LogP contribution in [0.4, 0.5) is 15.3 Å². The Kier molecular flexibility index (Phi) is 6.16. The maximum atomic E-state index is 11.9. The number of amides is 4. The second-order valence-electron chi connectivity index (χ2n) is 4.44. The fourth-order valence-corrected chi connectivity index (χ4v) is 2.37. The predicted octanol–water partition coefficient (Wildman–Crippen LogP) is 1.99. The quantitative estimate of drug-likeness (QED) is 0.869. The molecule has 0 saturated carbocycles. The van der Waals surface area contributed by atoms with E-state index in [1.165, 1.54) is 0 Å². The molecule has 0 aliphatic heterocycles. The highest BCUT2D eigenvalue weighted by molar-refractivity contribution is 7.88. The Morgan fingerprint density at radius 1 is 1.19 bits per heavy atom. The van der Waals surface area contributed by atoms with Crippen molar-refractivity contribution in [2.45, 2.75) is 19.8 Å². The van der Waals surface area contributed by atoms with E-state index in [0.29, 0.717) is 16.4 Å². The standard InChI is InChI=1S/C13H19N3O4S/c1-3-4-10-16(21(2,19)20)13(18)15-12(17)14-11-8-6-5-7-9-11/h5-9H,3-4,10H2,1-2H3,(H2,14,15,17,18). The molecule has 0 aliphatic rings. The molecule has 21 heavy (non-hydrogen) atoms. The number of urea groups is 2. The van der Waals surface area contributed by atoms with E-state index in [1.54, 1.807) is 30.3 Å². The number of carbonyl (C=O) groups is 2. The highest BCUT2D eigenvalue weighted by Gasteiger charge is 2.24. The summed E-state index contributed by atoms with van der Waals surface area (Å²) in [6.07, 6.45) is 2.19. The fourth-order valence-electron chi connectivity index (χ4n) is 1.56. The van der Waals surface area contributed by atoms with Crippen molar-refractivity contribution in [3.8, 4) is 0 Å². The van der Waals surface area contributed by atoms with E-state index in [0.717, 1.165) is 12.7 Å². The minimum atomic E-state index is -3.71. The second-order valence-corrected chi connectivity index (χ2v) is 6.35. The number of rotatable bonds is 5. The van der Waals surface area contributed by atoms with Gasteiger partial charge in [-0.15, -0.1) is 0 Å². The second kappa shape index (κ2) is 7.63. The Bertz CT molecular complexity index is 587. The van der Waals surface area contributed by atoms with Crippen LogP contribution in [0.25, 0.3) is 0 Å². The third-order valence-electron chi connectivity index (χ3n) is 2.59. The molecule has 7 nitrogen and oxygen atoms in total. The van der Waals surface area contributed by atoms with Gasteiger partial charge in [0.2, 0.25) is 10.0 Å². The molecule has 0 saturated heterocycles. The number of imide groups is 1. The van der Waals surface area contributed by atoms with Crippen LogP contribution in [-0.2, 0) is 10.0 Å². The van der Waals surface area contributed by atoms with E-state index >= 15 is 0 Å². The van der Waals surface area contributed by atoms with Gasteiger partial charge in [0.1, 0.15) is 0 Å². The van der Waals surface area contributed by atoms with Gasteiger partial charge in [0.15, 0.2) is 0 Å². The molecule has 0 radical (unpaired) electrons. The number of hydrogen-bond donors (Lipinski definition) is 2. The Morgan fingerprint density at radius 2 is 1.81 bits per heavy atom. The molecule has 4 amide bonds. The van der Waals surface area contributed by atoms with Gasteiger partial charge in [-0.25, -0.2) is 22.3 Å². The number of sulfonamides is 1. The van der Waals surface area contributed by atoms with E-state index in [1.807, 2.05) is 12.2 Å². The predicted molar refractivity (Wildman–Crippen MR) is 80.5 cm³/mol. The molecule has 1 rings (SSSR count). The zero-order chi connectivity index (χ0) is 15.9. The molecule has 0 spiro atoms. The van der Waals surface area contributed by atoms with Crippen LogP contribution in [0.15, 0.2) is 30.3 Å². The maximum absolute atomic E-state index is 11.9. The number of hydrogen-bond acceptors (Lipinski definition) is 4. The fraction of sp³-hybridized carbons (Fsp3) is 0.385. The molecule has 0 heterocycles. The lowest BCUT2D eigenvalue weighted by molar-refractivity contribution is 0.219. The van der Waals surface area contributed by atoms with Gasteiger partial charge >= 0.3 is 12.1 Å². The molecular formula is C13H19N3O4S. The molecule has 0 aromatic heterocycles. The average Bonchev–Trinajstić information content (AvgIpc) is 2.38. The smallest absolute Gasteiger partial charge is 0.308 e. The van der Waals surface area contributed by atoms with Crippen LogP contribution in [-0.4, -0.2) is 37.6 Å². The molecule has 0 aliphatic carbocycles. The zero-order valence-electron chi connectivity index (χ0n) is 12.0. The zero-order valence-corrected chi connectivity index (χ0v) is 12.8. The number of benzene rings is 1. The van der Waals surface area contributed by atoms with Crippen molar-refractivity contribution in [2.75, 3.05) is 18.1 Å². The van der Waals surface area contributed by atoms with Crippen LogP contribution in [0.1, 0.15) is 19.8 Å². The van der Waals surface area contributed by atoms with Crippen LogP contribution < -0.4 is 10.6 Å². The first-order chi connectivity index (χ1) is 9.84.